The van der Waals surface area contributed by atoms with E-state index in [1.165, 1.54) is 0 Å². The summed E-state index contributed by atoms with van der Waals surface area (Å²) < 4.78 is 0. The summed E-state index contributed by atoms with van der Waals surface area (Å²) in [4.78, 5) is 8.80. The lowest BCUT2D eigenvalue weighted by molar-refractivity contribution is 0.0696. The lowest BCUT2D eigenvalue weighted by atomic mass is 10.0. The van der Waals surface area contributed by atoms with Crippen LogP contribution >= 0.6 is 0 Å². The van der Waals surface area contributed by atoms with E-state index in [-0.39, 0.29) is 0 Å². The molecule has 1 aromatic carbocycles. The second-order valence-corrected chi connectivity index (χ2v) is 5.18. The van der Waals surface area contributed by atoms with E-state index < -0.39 is 5.60 Å². The van der Waals surface area contributed by atoms with Crippen LogP contribution in [0, 0.1) is 0 Å². The third-order valence-electron chi connectivity index (χ3n) is 3.32. The molecule has 0 fully saturated rings. The van der Waals surface area contributed by atoms with Gasteiger partial charge in [0.15, 0.2) is 5.82 Å². The van der Waals surface area contributed by atoms with Crippen molar-refractivity contribution in [1.29, 1.82) is 0 Å². The van der Waals surface area contributed by atoms with Gasteiger partial charge in [0.2, 0.25) is 0 Å². The molecule has 0 radical (unpaired) electrons. The predicted octanol–water partition coefficient (Wildman–Crippen LogP) is 2.00. The Hall–Kier alpha value is -2.18. The Balaban J connectivity index is 2.26. The summed E-state index contributed by atoms with van der Waals surface area (Å²) in [5, 5.41) is 13.2. The molecule has 5 N–H and O–H groups in total. The van der Waals surface area contributed by atoms with Crippen LogP contribution in [-0.2, 0) is 0 Å². The fraction of sp³-hybridized carbons (Fsp3) is 0.333. The van der Waals surface area contributed by atoms with E-state index in [0.29, 0.717) is 30.4 Å². The molecule has 0 saturated heterocycles. The van der Waals surface area contributed by atoms with Gasteiger partial charge < -0.3 is 15.8 Å². The number of nitrogens with two attached hydrogens (primary N) is 1. The molecule has 1 heterocycles. The Morgan fingerprint density at radius 3 is 2.48 bits per heavy atom. The van der Waals surface area contributed by atoms with Crippen LogP contribution in [0.5, 0.6) is 0 Å². The first-order valence-corrected chi connectivity index (χ1v) is 6.91. The SMILES string of the molecule is CCC(C)(O)CNc1cc(NN)nc(-c2ccccc2)n1. The van der Waals surface area contributed by atoms with E-state index in [1.807, 2.05) is 37.3 Å². The number of rotatable bonds is 6. The number of hydrogen-bond donors (Lipinski definition) is 4. The Labute approximate surface area is 124 Å². The summed E-state index contributed by atoms with van der Waals surface area (Å²) in [5.74, 6) is 7.16. The minimum absolute atomic E-state index is 0.402. The molecule has 0 amide bonds. The van der Waals surface area contributed by atoms with E-state index in [1.54, 1.807) is 13.0 Å². The molecule has 0 aliphatic carbocycles. The third-order valence-corrected chi connectivity index (χ3v) is 3.32. The largest absolute Gasteiger partial charge is 0.388 e. The van der Waals surface area contributed by atoms with Crippen LogP contribution < -0.4 is 16.6 Å². The Bertz CT molecular complexity index is 586. The Kier molecular flexibility index (Phi) is 4.72. The zero-order chi connectivity index (χ0) is 15.3. The van der Waals surface area contributed by atoms with Crippen molar-refractivity contribution >= 4 is 11.6 Å². The fourth-order valence-corrected chi connectivity index (χ4v) is 1.73. The van der Waals surface area contributed by atoms with Gasteiger partial charge >= 0.3 is 0 Å². The van der Waals surface area contributed by atoms with Gasteiger partial charge in [0, 0.05) is 18.2 Å². The minimum atomic E-state index is -0.784. The molecule has 0 spiro atoms. The van der Waals surface area contributed by atoms with E-state index in [2.05, 4.69) is 20.7 Å². The van der Waals surface area contributed by atoms with Crippen LogP contribution in [0.15, 0.2) is 36.4 Å². The summed E-state index contributed by atoms with van der Waals surface area (Å²) >= 11 is 0. The maximum absolute atomic E-state index is 10.1. The number of aliphatic hydroxyl groups is 1. The number of nitrogens with zero attached hydrogens (tertiary/aromatic N) is 2. The molecule has 112 valence electrons. The fourth-order valence-electron chi connectivity index (χ4n) is 1.73. The average molecular weight is 287 g/mol. The molecule has 6 heteroatoms. The number of nitrogens with one attached hydrogen (secondary N) is 2. The first-order chi connectivity index (χ1) is 10.0. The molecule has 1 atom stereocenters. The smallest absolute Gasteiger partial charge is 0.163 e. The second kappa shape index (κ2) is 6.51. The van der Waals surface area contributed by atoms with Crippen molar-refractivity contribution in [3.05, 3.63) is 36.4 Å². The van der Waals surface area contributed by atoms with Crippen molar-refractivity contribution in [3.8, 4) is 11.4 Å². The first kappa shape index (κ1) is 15.2. The molecule has 0 bridgehead atoms. The number of aromatic nitrogens is 2. The topological polar surface area (TPSA) is 96.1 Å². The highest BCUT2D eigenvalue weighted by molar-refractivity contribution is 5.60. The van der Waals surface area contributed by atoms with Crippen molar-refractivity contribution in [2.45, 2.75) is 25.9 Å². The van der Waals surface area contributed by atoms with Gasteiger partial charge in [-0.25, -0.2) is 15.8 Å². The minimum Gasteiger partial charge on any atom is -0.388 e. The van der Waals surface area contributed by atoms with Crippen LogP contribution in [0.25, 0.3) is 11.4 Å². The van der Waals surface area contributed by atoms with E-state index in [4.69, 9.17) is 5.84 Å². The maximum Gasteiger partial charge on any atom is 0.163 e. The highest BCUT2D eigenvalue weighted by Gasteiger charge is 2.17. The molecule has 0 saturated carbocycles. The summed E-state index contributed by atoms with van der Waals surface area (Å²) in [6.45, 7) is 4.12. The quantitative estimate of drug-likeness (QED) is 0.479. The van der Waals surface area contributed by atoms with Crippen LogP contribution in [0.1, 0.15) is 20.3 Å². The molecular formula is C15H21N5O. The molecule has 2 rings (SSSR count). The summed E-state index contributed by atoms with van der Waals surface area (Å²) in [6.07, 6.45) is 0.651. The zero-order valence-electron chi connectivity index (χ0n) is 12.3. The average Bonchev–Trinajstić information content (AvgIpc) is 2.53. The lowest BCUT2D eigenvalue weighted by Crippen LogP contribution is -2.32. The number of nitrogen functional groups attached to an aromatic ring is 1. The highest BCUT2D eigenvalue weighted by atomic mass is 16.3. The monoisotopic (exact) mass is 287 g/mol. The van der Waals surface area contributed by atoms with Crippen molar-refractivity contribution < 1.29 is 5.11 Å². The number of hydrogen-bond acceptors (Lipinski definition) is 6. The molecule has 2 aromatic rings. The van der Waals surface area contributed by atoms with E-state index in [9.17, 15) is 5.11 Å². The molecule has 0 aliphatic rings. The molecular weight excluding hydrogens is 266 g/mol. The number of hydrazine groups is 1. The lowest BCUT2D eigenvalue weighted by Gasteiger charge is -2.22. The van der Waals surface area contributed by atoms with Gasteiger partial charge in [-0.05, 0) is 13.3 Å². The number of benzene rings is 1. The first-order valence-electron chi connectivity index (χ1n) is 6.91. The van der Waals surface area contributed by atoms with E-state index in [0.717, 1.165) is 5.56 Å². The maximum atomic E-state index is 10.1. The molecule has 0 aliphatic heterocycles. The molecule has 21 heavy (non-hydrogen) atoms. The van der Waals surface area contributed by atoms with Gasteiger partial charge in [-0.15, -0.1) is 0 Å². The summed E-state index contributed by atoms with van der Waals surface area (Å²) in [7, 11) is 0. The van der Waals surface area contributed by atoms with Crippen LogP contribution in [0.4, 0.5) is 11.6 Å². The van der Waals surface area contributed by atoms with Crippen molar-refractivity contribution in [1.82, 2.24) is 9.97 Å². The molecule has 6 nitrogen and oxygen atoms in total. The highest BCUT2D eigenvalue weighted by Crippen LogP contribution is 2.20. The van der Waals surface area contributed by atoms with Gasteiger partial charge in [-0.3, -0.25) is 0 Å². The molecule has 1 aromatic heterocycles. The zero-order valence-corrected chi connectivity index (χ0v) is 12.3. The third kappa shape index (κ3) is 4.14. The van der Waals surface area contributed by atoms with Gasteiger partial charge in [0.25, 0.3) is 0 Å². The normalized spacial score (nSPS) is 13.5. The second-order valence-electron chi connectivity index (χ2n) is 5.18. The van der Waals surface area contributed by atoms with E-state index >= 15 is 0 Å². The summed E-state index contributed by atoms with van der Waals surface area (Å²) in [5.41, 5.74) is 2.65. The van der Waals surface area contributed by atoms with Gasteiger partial charge in [0.05, 0.1) is 5.60 Å². The van der Waals surface area contributed by atoms with Crippen LogP contribution in [0.3, 0.4) is 0 Å². The Morgan fingerprint density at radius 1 is 1.19 bits per heavy atom. The van der Waals surface area contributed by atoms with Crippen molar-refractivity contribution in [2.75, 3.05) is 17.3 Å². The van der Waals surface area contributed by atoms with Crippen molar-refractivity contribution in [2.24, 2.45) is 5.84 Å². The molecule has 1 unspecified atom stereocenters. The number of anilines is 2. The van der Waals surface area contributed by atoms with Gasteiger partial charge in [0.1, 0.15) is 11.6 Å². The van der Waals surface area contributed by atoms with Gasteiger partial charge in [-0.1, -0.05) is 37.3 Å². The van der Waals surface area contributed by atoms with Gasteiger partial charge in [-0.2, -0.15) is 0 Å². The van der Waals surface area contributed by atoms with Crippen molar-refractivity contribution in [3.63, 3.8) is 0 Å². The van der Waals surface area contributed by atoms with Crippen LogP contribution in [0.2, 0.25) is 0 Å². The summed E-state index contributed by atoms with van der Waals surface area (Å²) in [6, 6.07) is 11.4. The predicted molar refractivity (Wildman–Crippen MR) is 84.7 cm³/mol. The Morgan fingerprint density at radius 2 is 1.86 bits per heavy atom. The standard InChI is InChI=1S/C15H21N5O/c1-3-15(2,21)10-17-12-9-13(20-16)19-14(18-12)11-7-5-4-6-8-11/h4-9,21H,3,10,16H2,1-2H3,(H2,17,18,19,20). The van der Waals surface area contributed by atoms with Crippen LogP contribution in [-0.4, -0.2) is 27.2 Å².